The van der Waals surface area contributed by atoms with Gasteiger partial charge in [0, 0.05) is 12.8 Å². The maximum atomic E-state index is 13.8. The number of carbonyl (C=O) groups excluding carboxylic acids is 2. The molecule has 0 aromatic carbocycles. The zero-order valence-electron chi connectivity index (χ0n) is 15.6. The van der Waals surface area contributed by atoms with Crippen LogP contribution in [-0.4, -0.2) is 36.0 Å². The Kier molecular flexibility index (Phi) is 6.87. The molecule has 0 amide bonds. The maximum absolute atomic E-state index is 13.8. The van der Waals surface area contributed by atoms with Crippen molar-refractivity contribution in [1.82, 2.24) is 0 Å². The first-order chi connectivity index (χ1) is 12.1. The van der Waals surface area contributed by atoms with E-state index < -0.39 is 47.3 Å². The molecular weight excluding hydrogens is 382 g/mol. The Morgan fingerprint density at radius 2 is 1.44 bits per heavy atom. The minimum Gasteiger partial charge on any atom is -0.457 e. The van der Waals surface area contributed by atoms with Crippen LogP contribution in [0.25, 0.3) is 0 Å². The summed E-state index contributed by atoms with van der Waals surface area (Å²) < 4.78 is 91.4. The van der Waals surface area contributed by atoms with Crippen molar-refractivity contribution in [1.29, 1.82) is 0 Å². The molecule has 0 aromatic heterocycles. The summed E-state index contributed by atoms with van der Waals surface area (Å²) in [5.41, 5.74) is -6.21. The Bertz CT molecular complexity index is 533. The first-order valence-electron chi connectivity index (χ1n) is 8.64. The Balaban J connectivity index is 3.58. The molecular formula is C17H24F6O4. The molecule has 0 radical (unpaired) electrons. The van der Waals surface area contributed by atoms with Crippen molar-refractivity contribution < 1.29 is 45.4 Å². The molecule has 0 spiro atoms. The summed E-state index contributed by atoms with van der Waals surface area (Å²) in [4.78, 5) is 23.6. The predicted molar refractivity (Wildman–Crippen MR) is 82.5 cm³/mol. The van der Waals surface area contributed by atoms with Crippen LogP contribution in [0.2, 0.25) is 0 Å². The topological polar surface area (TPSA) is 52.6 Å². The first-order valence-corrected chi connectivity index (χ1v) is 8.64. The van der Waals surface area contributed by atoms with Crippen LogP contribution >= 0.6 is 0 Å². The van der Waals surface area contributed by atoms with Gasteiger partial charge in [0.2, 0.25) is 0 Å². The lowest BCUT2D eigenvalue weighted by molar-refractivity contribution is -0.396. The molecule has 1 saturated carbocycles. The van der Waals surface area contributed by atoms with E-state index in [1.807, 2.05) is 0 Å². The second-order valence-electron chi connectivity index (χ2n) is 7.43. The number of carbonyl (C=O) groups is 2. The predicted octanol–water partition coefficient (Wildman–Crippen LogP) is 4.95. The first kappa shape index (κ1) is 23.6. The number of ether oxygens (including phenoxy) is 2. The molecule has 1 aliphatic rings. The van der Waals surface area contributed by atoms with Crippen LogP contribution in [0.5, 0.6) is 0 Å². The number of alkyl halides is 6. The molecule has 0 aliphatic heterocycles. The summed E-state index contributed by atoms with van der Waals surface area (Å²) in [6.07, 6.45) is -13.8. The van der Waals surface area contributed by atoms with Gasteiger partial charge in [0.1, 0.15) is 0 Å². The molecule has 1 fully saturated rings. The number of halogens is 6. The Labute approximate surface area is 153 Å². The van der Waals surface area contributed by atoms with E-state index in [1.54, 1.807) is 6.92 Å². The van der Waals surface area contributed by atoms with Crippen molar-refractivity contribution in [2.45, 2.75) is 83.9 Å². The van der Waals surface area contributed by atoms with Gasteiger partial charge in [-0.1, -0.05) is 19.8 Å². The molecule has 1 unspecified atom stereocenters. The van der Waals surface area contributed by atoms with Crippen molar-refractivity contribution in [3.63, 3.8) is 0 Å². The largest absolute Gasteiger partial charge is 0.457 e. The number of hydrogen-bond acceptors (Lipinski definition) is 4. The third-order valence-corrected chi connectivity index (χ3v) is 5.05. The van der Waals surface area contributed by atoms with E-state index in [4.69, 9.17) is 4.74 Å². The average Bonchev–Trinajstić information content (AvgIpc) is 3.01. The minimum absolute atomic E-state index is 0.000322. The highest BCUT2D eigenvalue weighted by Crippen LogP contribution is 2.53. The monoisotopic (exact) mass is 406 g/mol. The van der Waals surface area contributed by atoms with E-state index in [-0.39, 0.29) is 19.3 Å². The summed E-state index contributed by atoms with van der Waals surface area (Å²) >= 11 is 0. The van der Waals surface area contributed by atoms with Crippen molar-refractivity contribution in [2.75, 3.05) is 0 Å². The van der Waals surface area contributed by atoms with Crippen LogP contribution in [-0.2, 0) is 19.1 Å². The molecule has 10 heteroatoms. The second-order valence-corrected chi connectivity index (χ2v) is 7.43. The van der Waals surface area contributed by atoms with E-state index in [1.165, 1.54) is 13.8 Å². The van der Waals surface area contributed by atoms with Gasteiger partial charge < -0.3 is 9.47 Å². The van der Waals surface area contributed by atoms with E-state index in [9.17, 15) is 35.9 Å². The normalized spacial score (nSPS) is 18.3. The van der Waals surface area contributed by atoms with Crippen molar-refractivity contribution in [3.8, 4) is 0 Å². The van der Waals surface area contributed by atoms with Crippen molar-refractivity contribution >= 4 is 11.9 Å². The SMILES string of the molecule is CCC(C)(C)C(=O)OC(C1CCCC1)C(OC(C)=O)(C(F)(F)F)C(F)(F)F. The van der Waals surface area contributed by atoms with Gasteiger partial charge in [0.05, 0.1) is 5.41 Å². The van der Waals surface area contributed by atoms with E-state index >= 15 is 0 Å². The fourth-order valence-electron chi connectivity index (χ4n) is 3.07. The Morgan fingerprint density at radius 1 is 1.00 bits per heavy atom. The van der Waals surface area contributed by atoms with Gasteiger partial charge in [-0.25, -0.2) is 0 Å². The quantitative estimate of drug-likeness (QED) is 0.463. The fourth-order valence-corrected chi connectivity index (χ4v) is 3.07. The maximum Gasteiger partial charge on any atom is 0.441 e. The van der Waals surface area contributed by atoms with E-state index in [0.717, 1.165) is 0 Å². The lowest BCUT2D eigenvalue weighted by atomic mass is 9.83. The molecule has 158 valence electrons. The Morgan fingerprint density at radius 3 is 1.78 bits per heavy atom. The minimum atomic E-state index is -6.03. The number of rotatable bonds is 6. The average molecular weight is 406 g/mol. The zero-order chi connectivity index (χ0) is 21.3. The number of esters is 2. The van der Waals surface area contributed by atoms with Crippen LogP contribution < -0.4 is 0 Å². The summed E-state index contributed by atoms with van der Waals surface area (Å²) in [5, 5.41) is 0. The lowest BCUT2D eigenvalue weighted by Gasteiger charge is -2.44. The van der Waals surface area contributed by atoms with E-state index in [2.05, 4.69) is 4.74 Å². The van der Waals surface area contributed by atoms with Gasteiger partial charge in [-0.15, -0.1) is 0 Å². The second kappa shape index (κ2) is 7.87. The smallest absolute Gasteiger partial charge is 0.441 e. The highest BCUT2D eigenvalue weighted by atomic mass is 19.4. The lowest BCUT2D eigenvalue weighted by Crippen LogP contribution is -2.69. The van der Waals surface area contributed by atoms with Crippen molar-refractivity contribution in [2.24, 2.45) is 11.3 Å². The molecule has 0 heterocycles. The van der Waals surface area contributed by atoms with Crippen LogP contribution in [0.1, 0.15) is 59.8 Å². The van der Waals surface area contributed by atoms with Gasteiger partial charge in [-0.05, 0) is 33.1 Å². The van der Waals surface area contributed by atoms with Gasteiger partial charge >= 0.3 is 29.9 Å². The van der Waals surface area contributed by atoms with Crippen LogP contribution in [0.4, 0.5) is 26.3 Å². The molecule has 1 rings (SSSR count). The zero-order valence-corrected chi connectivity index (χ0v) is 15.6. The third-order valence-electron chi connectivity index (χ3n) is 5.05. The molecule has 1 aliphatic carbocycles. The molecule has 0 bridgehead atoms. The van der Waals surface area contributed by atoms with Gasteiger partial charge in [-0.2, -0.15) is 26.3 Å². The summed E-state index contributed by atoms with van der Waals surface area (Å²) in [5.74, 6) is -4.20. The molecule has 0 aromatic rings. The molecule has 27 heavy (non-hydrogen) atoms. The molecule has 0 N–H and O–H groups in total. The highest BCUT2D eigenvalue weighted by molar-refractivity contribution is 5.76. The van der Waals surface area contributed by atoms with Gasteiger partial charge in [-0.3, -0.25) is 9.59 Å². The van der Waals surface area contributed by atoms with Crippen molar-refractivity contribution in [3.05, 3.63) is 0 Å². The fraction of sp³-hybridized carbons (Fsp3) is 0.882. The summed E-state index contributed by atoms with van der Waals surface area (Å²) in [6, 6.07) is 0. The summed E-state index contributed by atoms with van der Waals surface area (Å²) in [6.45, 7) is 4.72. The highest BCUT2D eigenvalue weighted by Gasteiger charge is 2.80. The third kappa shape index (κ3) is 4.68. The van der Waals surface area contributed by atoms with Gasteiger partial charge in [0.15, 0.2) is 6.10 Å². The van der Waals surface area contributed by atoms with E-state index in [0.29, 0.717) is 19.8 Å². The van der Waals surface area contributed by atoms with Crippen LogP contribution in [0.15, 0.2) is 0 Å². The standard InChI is InChI=1S/C17H24F6O4/c1-5-14(3,4)13(25)26-12(11-8-6-7-9-11)15(16(18,19)20,17(21,22)23)27-10(2)24/h11-12H,5-9H2,1-4H3. The van der Waals surface area contributed by atoms with Gasteiger partial charge in [0.25, 0.3) is 0 Å². The van der Waals surface area contributed by atoms with Crippen LogP contribution in [0.3, 0.4) is 0 Å². The van der Waals surface area contributed by atoms with Crippen LogP contribution in [0, 0.1) is 11.3 Å². The Hall–Kier alpha value is -1.48. The molecule has 1 atom stereocenters. The number of hydrogen-bond donors (Lipinski definition) is 0. The summed E-state index contributed by atoms with van der Waals surface area (Å²) in [7, 11) is 0. The molecule has 4 nitrogen and oxygen atoms in total. The molecule has 0 saturated heterocycles.